The van der Waals surface area contributed by atoms with Gasteiger partial charge >= 0.3 is 0 Å². The molecule has 0 bridgehead atoms. The summed E-state index contributed by atoms with van der Waals surface area (Å²) < 4.78 is 13.1. The SMILES string of the molecule is Nc1ccc(NCc2cccc(F)c2)c2ncccc12. The molecule has 3 N–H and O–H groups in total. The zero-order valence-electron chi connectivity index (χ0n) is 10.8. The smallest absolute Gasteiger partial charge is 0.123 e. The first kappa shape index (κ1) is 12.4. The second-order valence-corrected chi connectivity index (χ2v) is 4.59. The number of aromatic nitrogens is 1. The number of anilines is 2. The van der Waals surface area contributed by atoms with E-state index < -0.39 is 0 Å². The Hall–Kier alpha value is -2.62. The topological polar surface area (TPSA) is 50.9 Å². The van der Waals surface area contributed by atoms with Crippen LogP contribution in [-0.4, -0.2) is 4.98 Å². The lowest BCUT2D eigenvalue weighted by Crippen LogP contribution is -2.01. The van der Waals surface area contributed by atoms with Crippen molar-refractivity contribution in [2.45, 2.75) is 6.54 Å². The number of hydrogen-bond acceptors (Lipinski definition) is 3. The van der Waals surface area contributed by atoms with Crippen molar-refractivity contribution in [2.24, 2.45) is 0 Å². The molecule has 3 aromatic rings. The molecule has 0 aliphatic rings. The normalized spacial score (nSPS) is 10.7. The van der Waals surface area contributed by atoms with E-state index in [2.05, 4.69) is 10.3 Å². The molecule has 0 atom stereocenters. The van der Waals surface area contributed by atoms with Crippen LogP contribution < -0.4 is 11.1 Å². The second-order valence-electron chi connectivity index (χ2n) is 4.59. The Bertz CT molecular complexity index is 756. The van der Waals surface area contributed by atoms with E-state index in [4.69, 9.17) is 5.73 Å². The largest absolute Gasteiger partial charge is 0.398 e. The van der Waals surface area contributed by atoms with Gasteiger partial charge in [-0.1, -0.05) is 12.1 Å². The lowest BCUT2D eigenvalue weighted by atomic mass is 10.1. The summed E-state index contributed by atoms with van der Waals surface area (Å²) in [7, 11) is 0. The van der Waals surface area contributed by atoms with Crippen LogP contribution in [0.5, 0.6) is 0 Å². The van der Waals surface area contributed by atoms with Gasteiger partial charge in [-0.05, 0) is 42.0 Å². The van der Waals surface area contributed by atoms with E-state index >= 15 is 0 Å². The van der Waals surface area contributed by atoms with Gasteiger partial charge in [0.25, 0.3) is 0 Å². The molecular formula is C16H14FN3. The van der Waals surface area contributed by atoms with Gasteiger partial charge in [0.05, 0.1) is 11.2 Å². The van der Waals surface area contributed by atoms with Crippen LogP contribution in [0.15, 0.2) is 54.7 Å². The van der Waals surface area contributed by atoms with Gasteiger partial charge in [-0.3, -0.25) is 4.98 Å². The first-order valence-corrected chi connectivity index (χ1v) is 6.35. The van der Waals surface area contributed by atoms with Crippen molar-refractivity contribution in [1.29, 1.82) is 0 Å². The predicted octanol–water partition coefficient (Wildman–Crippen LogP) is 3.57. The second kappa shape index (κ2) is 5.17. The van der Waals surface area contributed by atoms with E-state index in [1.54, 1.807) is 12.3 Å². The highest BCUT2D eigenvalue weighted by Crippen LogP contribution is 2.26. The number of hydrogen-bond donors (Lipinski definition) is 2. The van der Waals surface area contributed by atoms with Gasteiger partial charge in [0, 0.05) is 23.8 Å². The van der Waals surface area contributed by atoms with Crippen LogP contribution in [0.2, 0.25) is 0 Å². The maximum Gasteiger partial charge on any atom is 0.123 e. The third-order valence-corrected chi connectivity index (χ3v) is 3.18. The number of nitrogen functional groups attached to an aromatic ring is 1. The summed E-state index contributed by atoms with van der Waals surface area (Å²) >= 11 is 0. The van der Waals surface area contributed by atoms with E-state index in [-0.39, 0.29) is 5.82 Å². The summed E-state index contributed by atoms with van der Waals surface area (Å²) in [6.45, 7) is 0.535. The summed E-state index contributed by atoms with van der Waals surface area (Å²) in [5.41, 5.74) is 9.22. The molecule has 0 aliphatic carbocycles. The number of nitrogens with zero attached hydrogens (tertiary/aromatic N) is 1. The quantitative estimate of drug-likeness (QED) is 0.713. The number of halogens is 1. The van der Waals surface area contributed by atoms with Gasteiger partial charge in [0.1, 0.15) is 5.82 Å². The predicted molar refractivity (Wildman–Crippen MR) is 79.9 cm³/mol. The van der Waals surface area contributed by atoms with Gasteiger partial charge in [0.2, 0.25) is 0 Å². The third-order valence-electron chi connectivity index (χ3n) is 3.18. The van der Waals surface area contributed by atoms with E-state index in [1.165, 1.54) is 12.1 Å². The zero-order valence-corrected chi connectivity index (χ0v) is 10.8. The summed E-state index contributed by atoms with van der Waals surface area (Å²) in [6.07, 6.45) is 1.73. The van der Waals surface area contributed by atoms with Crippen molar-refractivity contribution in [3.05, 3.63) is 66.1 Å². The molecule has 0 saturated heterocycles. The van der Waals surface area contributed by atoms with Crippen molar-refractivity contribution in [1.82, 2.24) is 4.98 Å². The van der Waals surface area contributed by atoms with Crippen LogP contribution in [0, 0.1) is 5.82 Å². The molecule has 0 spiro atoms. The fourth-order valence-corrected chi connectivity index (χ4v) is 2.18. The number of fused-ring (bicyclic) bond motifs is 1. The van der Waals surface area contributed by atoms with Crippen LogP contribution in [0.25, 0.3) is 10.9 Å². The molecule has 100 valence electrons. The Labute approximate surface area is 116 Å². The fourth-order valence-electron chi connectivity index (χ4n) is 2.18. The highest BCUT2D eigenvalue weighted by atomic mass is 19.1. The fraction of sp³-hybridized carbons (Fsp3) is 0.0625. The molecule has 3 nitrogen and oxygen atoms in total. The molecule has 20 heavy (non-hydrogen) atoms. The number of rotatable bonds is 3. The number of nitrogens with two attached hydrogens (primary N) is 1. The highest BCUT2D eigenvalue weighted by Gasteiger charge is 2.05. The van der Waals surface area contributed by atoms with Crippen LogP contribution in [0.4, 0.5) is 15.8 Å². The first-order chi connectivity index (χ1) is 9.74. The number of nitrogens with one attached hydrogen (secondary N) is 1. The minimum absolute atomic E-state index is 0.232. The first-order valence-electron chi connectivity index (χ1n) is 6.35. The van der Waals surface area contributed by atoms with Gasteiger partial charge in [-0.2, -0.15) is 0 Å². The lowest BCUT2D eigenvalue weighted by Gasteiger charge is -2.10. The minimum atomic E-state index is -0.232. The molecule has 0 saturated carbocycles. The summed E-state index contributed by atoms with van der Waals surface area (Å²) in [5, 5.41) is 4.19. The molecule has 4 heteroatoms. The molecule has 2 aromatic carbocycles. The number of pyridine rings is 1. The Balaban J connectivity index is 1.90. The lowest BCUT2D eigenvalue weighted by molar-refractivity contribution is 0.626. The molecule has 0 unspecified atom stereocenters. The van der Waals surface area contributed by atoms with Gasteiger partial charge in [-0.25, -0.2) is 4.39 Å². The van der Waals surface area contributed by atoms with E-state index in [1.807, 2.05) is 30.3 Å². The monoisotopic (exact) mass is 267 g/mol. The maximum absolute atomic E-state index is 13.1. The van der Waals surface area contributed by atoms with Crippen LogP contribution >= 0.6 is 0 Å². The third kappa shape index (κ3) is 2.40. The molecule has 0 radical (unpaired) electrons. The van der Waals surface area contributed by atoms with Crippen molar-refractivity contribution in [3.8, 4) is 0 Å². The van der Waals surface area contributed by atoms with Crippen LogP contribution in [0.1, 0.15) is 5.56 Å². The zero-order chi connectivity index (χ0) is 13.9. The van der Waals surface area contributed by atoms with Gasteiger partial charge < -0.3 is 11.1 Å². The molecule has 3 rings (SSSR count). The maximum atomic E-state index is 13.1. The summed E-state index contributed by atoms with van der Waals surface area (Å²) in [6, 6.07) is 14.1. The molecule has 0 amide bonds. The van der Waals surface area contributed by atoms with Crippen molar-refractivity contribution in [3.63, 3.8) is 0 Å². The average molecular weight is 267 g/mol. The molecular weight excluding hydrogens is 253 g/mol. The number of benzene rings is 2. The average Bonchev–Trinajstić information content (AvgIpc) is 2.47. The van der Waals surface area contributed by atoms with E-state index in [0.717, 1.165) is 22.2 Å². The van der Waals surface area contributed by atoms with Gasteiger partial charge in [-0.15, -0.1) is 0 Å². The summed E-state index contributed by atoms with van der Waals surface area (Å²) in [4.78, 5) is 4.36. The highest BCUT2D eigenvalue weighted by molar-refractivity contribution is 5.98. The van der Waals surface area contributed by atoms with Crippen LogP contribution in [-0.2, 0) is 6.54 Å². The van der Waals surface area contributed by atoms with E-state index in [9.17, 15) is 4.39 Å². The molecule has 1 heterocycles. The molecule has 1 aromatic heterocycles. The summed E-state index contributed by atoms with van der Waals surface area (Å²) in [5.74, 6) is -0.232. The Morgan fingerprint density at radius 3 is 2.85 bits per heavy atom. The van der Waals surface area contributed by atoms with Crippen molar-refractivity contribution >= 4 is 22.3 Å². The van der Waals surface area contributed by atoms with Gasteiger partial charge in [0.15, 0.2) is 0 Å². The molecule has 0 fully saturated rings. The Morgan fingerprint density at radius 1 is 1.10 bits per heavy atom. The Morgan fingerprint density at radius 2 is 2.00 bits per heavy atom. The van der Waals surface area contributed by atoms with E-state index in [0.29, 0.717) is 12.2 Å². The molecule has 0 aliphatic heterocycles. The standard InChI is InChI=1S/C16H14FN3/c17-12-4-1-3-11(9-12)10-20-15-7-6-14(18)13-5-2-8-19-16(13)15/h1-9,20H,10,18H2. The van der Waals surface area contributed by atoms with Crippen molar-refractivity contribution in [2.75, 3.05) is 11.1 Å². The van der Waals surface area contributed by atoms with Crippen molar-refractivity contribution < 1.29 is 4.39 Å². The minimum Gasteiger partial charge on any atom is -0.398 e. The van der Waals surface area contributed by atoms with Crippen LogP contribution in [0.3, 0.4) is 0 Å². The Kier molecular flexibility index (Phi) is 3.21.